The summed E-state index contributed by atoms with van der Waals surface area (Å²) in [7, 11) is 1.39. The first kappa shape index (κ1) is 11.6. The van der Waals surface area contributed by atoms with Gasteiger partial charge in [-0.1, -0.05) is 19.1 Å². The van der Waals surface area contributed by atoms with E-state index in [0.717, 1.165) is 11.1 Å². The molecule has 0 aliphatic heterocycles. The zero-order valence-corrected chi connectivity index (χ0v) is 9.28. The molecule has 0 spiro atoms. The van der Waals surface area contributed by atoms with E-state index in [9.17, 15) is 9.90 Å². The predicted octanol–water partition coefficient (Wildman–Crippen LogP) is 2.05. The Labute approximate surface area is 89.7 Å². The third-order valence-corrected chi connectivity index (χ3v) is 2.41. The molecule has 0 aliphatic rings. The van der Waals surface area contributed by atoms with Crippen LogP contribution in [0.2, 0.25) is 0 Å². The Morgan fingerprint density at radius 3 is 2.73 bits per heavy atom. The maximum atomic E-state index is 11.2. The van der Waals surface area contributed by atoms with Gasteiger partial charge in [0, 0.05) is 0 Å². The molecule has 0 radical (unpaired) electrons. The topological polar surface area (TPSA) is 46.5 Å². The van der Waals surface area contributed by atoms with Crippen LogP contribution in [-0.4, -0.2) is 18.2 Å². The number of ether oxygens (including phenoxy) is 1. The summed E-state index contributed by atoms with van der Waals surface area (Å²) < 4.78 is 4.65. The fraction of sp³-hybridized carbons (Fsp3) is 0.417. The lowest BCUT2D eigenvalue weighted by atomic mass is 9.99. The van der Waals surface area contributed by atoms with Gasteiger partial charge in [0.2, 0.25) is 0 Å². The summed E-state index contributed by atoms with van der Waals surface area (Å²) >= 11 is 0. The average molecular weight is 208 g/mol. The van der Waals surface area contributed by atoms with Gasteiger partial charge < -0.3 is 9.84 Å². The van der Waals surface area contributed by atoms with Crippen LogP contribution in [0.15, 0.2) is 18.2 Å². The third kappa shape index (κ3) is 2.98. The molecule has 0 amide bonds. The summed E-state index contributed by atoms with van der Waals surface area (Å²) in [4.78, 5) is 11.2. The van der Waals surface area contributed by atoms with Gasteiger partial charge in [-0.15, -0.1) is 0 Å². The molecule has 15 heavy (non-hydrogen) atoms. The summed E-state index contributed by atoms with van der Waals surface area (Å²) in [6, 6.07) is 5.35. The number of methoxy groups -OCH3 is 1. The highest BCUT2D eigenvalue weighted by Gasteiger charge is 2.13. The van der Waals surface area contributed by atoms with Crippen molar-refractivity contribution in [2.45, 2.75) is 20.3 Å². The molecule has 1 rings (SSSR count). The minimum absolute atomic E-state index is 0.154. The normalized spacial score (nSPS) is 12.2. The van der Waals surface area contributed by atoms with Crippen molar-refractivity contribution < 1.29 is 14.6 Å². The van der Waals surface area contributed by atoms with Gasteiger partial charge in [-0.25, -0.2) is 0 Å². The maximum Gasteiger partial charge on any atom is 0.308 e. The SMILES string of the molecule is COC(=O)[C@@H](C)Cc1ccc(O)c(C)c1. The molecule has 3 heteroatoms. The first-order valence-electron chi connectivity index (χ1n) is 4.91. The molecular weight excluding hydrogens is 192 g/mol. The van der Waals surface area contributed by atoms with Crippen LogP contribution >= 0.6 is 0 Å². The zero-order valence-electron chi connectivity index (χ0n) is 9.28. The van der Waals surface area contributed by atoms with Crippen molar-refractivity contribution in [3.8, 4) is 5.75 Å². The highest BCUT2D eigenvalue weighted by molar-refractivity contribution is 5.72. The Morgan fingerprint density at radius 1 is 1.53 bits per heavy atom. The molecule has 0 aliphatic carbocycles. The minimum Gasteiger partial charge on any atom is -0.508 e. The smallest absolute Gasteiger partial charge is 0.308 e. The fourth-order valence-corrected chi connectivity index (χ4v) is 1.48. The van der Waals surface area contributed by atoms with E-state index >= 15 is 0 Å². The van der Waals surface area contributed by atoms with Crippen molar-refractivity contribution in [1.29, 1.82) is 0 Å². The van der Waals surface area contributed by atoms with Crippen molar-refractivity contribution in [2.24, 2.45) is 5.92 Å². The number of hydrogen-bond donors (Lipinski definition) is 1. The van der Waals surface area contributed by atoms with E-state index in [2.05, 4.69) is 4.74 Å². The summed E-state index contributed by atoms with van der Waals surface area (Å²) in [6.07, 6.45) is 0.633. The van der Waals surface area contributed by atoms with Crippen LogP contribution in [-0.2, 0) is 16.0 Å². The van der Waals surface area contributed by atoms with Gasteiger partial charge >= 0.3 is 5.97 Å². The second-order valence-electron chi connectivity index (χ2n) is 3.75. The number of phenols is 1. The van der Waals surface area contributed by atoms with Gasteiger partial charge in [0.15, 0.2) is 0 Å². The number of phenolic OH excluding ortho intramolecular Hbond substituents is 1. The number of benzene rings is 1. The monoisotopic (exact) mass is 208 g/mol. The Morgan fingerprint density at radius 2 is 2.20 bits per heavy atom. The predicted molar refractivity (Wildman–Crippen MR) is 57.7 cm³/mol. The number of carbonyl (C=O) groups excluding carboxylic acids is 1. The van der Waals surface area contributed by atoms with E-state index in [1.54, 1.807) is 6.07 Å². The minimum atomic E-state index is -0.208. The van der Waals surface area contributed by atoms with Crippen LogP contribution in [0, 0.1) is 12.8 Å². The molecule has 1 aromatic carbocycles. The second kappa shape index (κ2) is 4.82. The molecule has 0 bridgehead atoms. The number of hydrogen-bond acceptors (Lipinski definition) is 3. The number of carbonyl (C=O) groups is 1. The molecule has 0 fully saturated rings. The van der Waals surface area contributed by atoms with Crippen LogP contribution in [0.3, 0.4) is 0 Å². The van der Waals surface area contributed by atoms with Crippen LogP contribution < -0.4 is 0 Å². The summed E-state index contributed by atoms with van der Waals surface area (Å²) in [5.41, 5.74) is 1.85. The number of esters is 1. The molecule has 1 aromatic rings. The highest BCUT2D eigenvalue weighted by atomic mass is 16.5. The van der Waals surface area contributed by atoms with Gasteiger partial charge in [-0.2, -0.15) is 0 Å². The molecule has 82 valence electrons. The molecule has 1 atom stereocenters. The van der Waals surface area contributed by atoms with Gasteiger partial charge in [0.05, 0.1) is 13.0 Å². The average Bonchev–Trinajstić information content (AvgIpc) is 2.22. The standard InChI is InChI=1S/C12H16O3/c1-8-6-10(4-5-11(8)13)7-9(2)12(14)15-3/h4-6,9,13H,7H2,1-3H3/t9-/m0/s1. The van der Waals surface area contributed by atoms with Gasteiger partial charge in [0.1, 0.15) is 5.75 Å². The van der Waals surface area contributed by atoms with E-state index < -0.39 is 0 Å². The lowest BCUT2D eigenvalue weighted by Gasteiger charge is -2.09. The summed E-state index contributed by atoms with van der Waals surface area (Å²) in [5, 5.41) is 9.34. The van der Waals surface area contributed by atoms with E-state index in [0.29, 0.717) is 6.42 Å². The summed E-state index contributed by atoms with van der Waals surface area (Å²) in [5.74, 6) is -0.0795. The zero-order chi connectivity index (χ0) is 11.4. The molecule has 1 N–H and O–H groups in total. The Balaban J connectivity index is 2.73. The lowest BCUT2D eigenvalue weighted by Crippen LogP contribution is -2.15. The first-order chi connectivity index (χ1) is 7.04. The van der Waals surface area contributed by atoms with Crippen LogP contribution in [0.4, 0.5) is 0 Å². The van der Waals surface area contributed by atoms with E-state index in [1.165, 1.54) is 7.11 Å². The molecule has 0 saturated heterocycles. The number of rotatable bonds is 3. The second-order valence-corrected chi connectivity index (χ2v) is 3.75. The largest absolute Gasteiger partial charge is 0.508 e. The van der Waals surface area contributed by atoms with E-state index in [1.807, 2.05) is 26.0 Å². The van der Waals surface area contributed by atoms with Crippen LogP contribution in [0.25, 0.3) is 0 Å². The number of aromatic hydroxyl groups is 1. The Bertz CT molecular complexity index is 358. The molecule has 0 aromatic heterocycles. The van der Waals surface area contributed by atoms with Crippen LogP contribution in [0.1, 0.15) is 18.1 Å². The molecular formula is C12H16O3. The Kier molecular flexibility index (Phi) is 3.72. The molecule has 3 nitrogen and oxygen atoms in total. The van der Waals surface area contributed by atoms with E-state index in [4.69, 9.17) is 0 Å². The maximum absolute atomic E-state index is 11.2. The molecule has 0 heterocycles. The molecule has 0 saturated carbocycles. The van der Waals surface area contributed by atoms with Crippen molar-refractivity contribution >= 4 is 5.97 Å². The van der Waals surface area contributed by atoms with Crippen molar-refractivity contribution in [3.63, 3.8) is 0 Å². The number of aryl methyl sites for hydroxylation is 1. The lowest BCUT2D eigenvalue weighted by molar-refractivity contribution is -0.144. The summed E-state index contributed by atoms with van der Waals surface area (Å²) in [6.45, 7) is 3.66. The Hall–Kier alpha value is -1.51. The quantitative estimate of drug-likeness (QED) is 0.773. The van der Waals surface area contributed by atoms with Gasteiger partial charge in [0.25, 0.3) is 0 Å². The van der Waals surface area contributed by atoms with E-state index in [-0.39, 0.29) is 17.6 Å². The van der Waals surface area contributed by atoms with Crippen molar-refractivity contribution in [3.05, 3.63) is 29.3 Å². The third-order valence-electron chi connectivity index (χ3n) is 2.41. The first-order valence-corrected chi connectivity index (χ1v) is 4.91. The fourth-order valence-electron chi connectivity index (χ4n) is 1.48. The highest BCUT2D eigenvalue weighted by Crippen LogP contribution is 2.19. The molecule has 0 unspecified atom stereocenters. The van der Waals surface area contributed by atoms with Gasteiger partial charge in [-0.3, -0.25) is 4.79 Å². The van der Waals surface area contributed by atoms with Crippen molar-refractivity contribution in [2.75, 3.05) is 7.11 Å². The van der Waals surface area contributed by atoms with Crippen molar-refractivity contribution in [1.82, 2.24) is 0 Å². The van der Waals surface area contributed by atoms with Crippen LogP contribution in [0.5, 0.6) is 5.75 Å². The van der Waals surface area contributed by atoms with Gasteiger partial charge in [-0.05, 0) is 30.5 Å².